The normalized spacial score (nSPS) is 14.4. The summed E-state index contributed by atoms with van der Waals surface area (Å²) >= 11 is 0. The van der Waals surface area contributed by atoms with Gasteiger partial charge in [0.25, 0.3) is 0 Å². The zero-order chi connectivity index (χ0) is 23.8. The third-order valence-electron chi connectivity index (χ3n) is 6.39. The fourth-order valence-electron chi connectivity index (χ4n) is 4.37. The second kappa shape index (κ2) is 11.7. The van der Waals surface area contributed by atoms with Crippen molar-refractivity contribution in [2.75, 3.05) is 37.6 Å². The van der Waals surface area contributed by atoms with Gasteiger partial charge in [-0.1, -0.05) is 49.4 Å². The molecule has 1 fully saturated rings. The Morgan fingerprint density at radius 2 is 1.88 bits per heavy atom. The molecule has 0 radical (unpaired) electrons. The van der Waals surface area contributed by atoms with E-state index < -0.39 is 0 Å². The highest BCUT2D eigenvalue weighted by molar-refractivity contribution is 5.79. The Morgan fingerprint density at radius 3 is 2.62 bits per heavy atom. The summed E-state index contributed by atoms with van der Waals surface area (Å²) in [7, 11) is 0. The molecule has 1 aliphatic rings. The van der Waals surface area contributed by atoms with E-state index in [9.17, 15) is 9.18 Å². The molecule has 34 heavy (non-hydrogen) atoms. The number of rotatable bonds is 9. The largest absolute Gasteiger partial charge is 0.356 e. The lowest BCUT2D eigenvalue weighted by molar-refractivity contribution is -0.125. The zero-order valence-corrected chi connectivity index (χ0v) is 19.7. The second-order valence-corrected chi connectivity index (χ2v) is 8.68. The van der Waals surface area contributed by atoms with Crippen molar-refractivity contribution < 1.29 is 9.18 Å². The highest BCUT2D eigenvalue weighted by Gasteiger charge is 2.25. The standard InChI is InChI=1S/C27H32FN5O/c1-2-32(19-21-7-4-3-5-8-21)16-13-29-27(34)22-11-14-33(15-12-22)26-18-25(30-20-31-26)23-9-6-10-24(28)17-23/h3-10,17-18,20,22H,2,11-16,19H2,1H3,(H,29,34). The Morgan fingerprint density at radius 1 is 1.09 bits per heavy atom. The number of nitrogens with zero attached hydrogens (tertiary/aromatic N) is 4. The number of hydrogen-bond donors (Lipinski definition) is 1. The predicted octanol–water partition coefficient (Wildman–Crippen LogP) is 4.14. The number of carbonyl (C=O) groups is 1. The van der Waals surface area contributed by atoms with Gasteiger partial charge in [-0.25, -0.2) is 14.4 Å². The fourth-order valence-corrected chi connectivity index (χ4v) is 4.37. The predicted molar refractivity (Wildman–Crippen MR) is 133 cm³/mol. The topological polar surface area (TPSA) is 61.4 Å². The summed E-state index contributed by atoms with van der Waals surface area (Å²) in [4.78, 5) is 25.9. The SMILES string of the molecule is CCN(CCNC(=O)C1CCN(c2cc(-c3cccc(F)c3)ncn2)CC1)Cc1ccccc1. The van der Waals surface area contributed by atoms with E-state index in [2.05, 4.69) is 56.3 Å². The molecule has 0 unspecified atom stereocenters. The molecule has 1 aliphatic heterocycles. The summed E-state index contributed by atoms with van der Waals surface area (Å²) in [5, 5.41) is 3.13. The Labute approximate surface area is 200 Å². The molecule has 0 spiro atoms. The Hall–Kier alpha value is -3.32. The van der Waals surface area contributed by atoms with Gasteiger partial charge in [0.05, 0.1) is 5.69 Å². The van der Waals surface area contributed by atoms with Crippen molar-refractivity contribution in [2.24, 2.45) is 5.92 Å². The molecule has 1 aromatic heterocycles. The minimum Gasteiger partial charge on any atom is -0.356 e. The Balaban J connectivity index is 1.24. The molecule has 1 N–H and O–H groups in total. The number of anilines is 1. The van der Waals surface area contributed by atoms with Crippen LogP contribution in [0.1, 0.15) is 25.3 Å². The van der Waals surface area contributed by atoms with Gasteiger partial charge in [-0.3, -0.25) is 9.69 Å². The van der Waals surface area contributed by atoms with Gasteiger partial charge in [0, 0.05) is 50.3 Å². The highest BCUT2D eigenvalue weighted by Crippen LogP contribution is 2.25. The number of halogens is 1. The van der Waals surface area contributed by atoms with Crippen molar-refractivity contribution in [3.05, 3.63) is 78.4 Å². The molecule has 0 bridgehead atoms. The van der Waals surface area contributed by atoms with E-state index in [0.29, 0.717) is 12.2 Å². The first-order valence-corrected chi connectivity index (χ1v) is 12.0. The summed E-state index contributed by atoms with van der Waals surface area (Å²) in [6, 6.07) is 18.7. The van der Waals surface area contributed by atoms with Crippen molar-refractivity contribution in [2.45, 2.75) is 26.3 Å². The van der Waals surface area contributed by atoms with Crippen LogP contribution in [-0.2, 0) is 11.3 Å². The molecule has 0 atom stereocenters. The molecule has 7 heteroatoms. The zero-order valence-electron chi connectivity index (χ0n) is 19.7. The first kappa shape index (κ1) is 23.8. The van der Waals surface area contributed by atoms with Crippen LogP contribution in [0, 0.1) is 11.7 Å². The summed E-state index contributed by atoms with van der Waals surface area (Å²) in [5.41, 5.74) is 2.71. The maximum atomic E-state index is 13.6. The van der Waals surface area contributed by atoms with Crippen molar-refractivity contribution in [1.82, 2.24) is 20.2 Å². The number of hydrogen-bond acceptors (Lipinski definition) is 5. The van der Waals surface area contributed by atoms with Gasteiger partial charge >= 0.3 is 0 Å². The molecular weight excluding hydrogens is 429 g/mol. The van der Waals surface area contributed by atoms with Crippen LogP contribution in [0.25, 0.3) is 11.3 Å². The maximum Gasteiger partial charge on any atom is 0.223 e. The Bertz CT molecular complexity index is 1070. The number of aromatic nitrogens is 2. The van der Waals surface area contributed by atoms with E-state index in [1.165, 1.54) is 24.0 Å². The molecule has 0 aliphatic carbocycles. The van der Waals surface area contributed by atoms with Crippen molar-refractivity contribution in [1.29, 1.82) is 0 Å². The third-order valence-corrected chi connectivity index (χ3v) is 6.39. The molecule has 0 saturated carbocycles. The minimum absolute atomic E-state index is 0.0185. The lowest BCUT2D eigenvalue weighted by Gasteiger charge is -2.32. The van der Waals surface area contributed by atoms with Crippen LogP contribution in [0.3, 0.4) is 0 Å². The first-order chi connectivity index (χ1) is 16.6. The van der Waals surface area contributed by atoms with Gasteiger partial charge in [-0.05, 0) is 37.1 Å². The Kier molecular flexibility index (Phi) is 8.20. The van der Waals surface area contributed by atoms with Gasteiger partial charge in [0.2, 0.25) is 5.91 Å². The van der Waals surface area contributed by atoms with Crippen LogP contribution in [0.2, 0.25) is 0 Å². The number of piperidine rings is 1. The number of likely N-dealkylation sites (N-methyl/N-ethyl adjacent to an activating group) is 1. The fraction of sp³-hybridized carbons (Fsp3) is 0.370. The summed E-state index contributed by atoms with van der Waals surface area (Å²) < 4.78 is 13.6. The average Bonchev–Trinajstić information content (AvgIpc) is 2.89. The third kappa shape index (κ3) is 6.38. The number of nitrogens with one attached hydrogen (secondary N) is 1. The van der Waals surface area contributed by atoms with Gasteiger partial charge < -0.3 is 10.2 Å². The molecule has 1 saturated heterocycles. The molecule has 6 nitrogen and oxygen atoms in total. The summed E-state index contributed by atoms with van der Waals surface area (Å²) in [5.74, 6) is 0.683. The second-order valence-electron chi connectivity index (χ2n) is 8.68. The van der Waals surface area contributed by atoms with E-state index in [-0.39, 0.29) is 17.6 Å². The highest BCUT2D eigenvalue weighted by atomic mass is 19.1. The number of benzene rings is 2. The van der Waals surface area contributed by atoms with E-state index >= 15 is 0 Å². The number of carbonyl (C=O) groups excluding carboxylic acids is 1. The molecular formula is C27H32FN5O. The summed E-state index contributed by atoms with van der Waals surface area (Å²) in [6.45, 7) is 6.98. The maximum absolute atomic E-state index is 13.6. The van der Waals surface area contributed by atoms with Crippen molar-refractivity contribution in [3.63, 3.8) is 0 Å². The smallest absolute Gasteiger partial charge is 0.223 e. The van der Waals surface area contributed by atoms with Gasteiger partial charge in [-0.15, -0.1) is 0 Å². The van der Waals surface area contributed by atoms with Crippen LogP contribution in [0.5, 0.6) is 0 Å². The van der Waals surface area contributed by atoms with Gasteiger partial charge in [0.1, 0.15) is 18.0 Å². The van der Waals surface area contributed by atoms with E-state index in [1.807, 2.05) is 18.2 Å². The van der Waals surface area contributed by atoms with Crippen LogP contribution in [0.4, 0.5) is 10.2 Å². The summed E-state index contributed by atoms with van der Waals surface area (Å²) in [6.07, 6.45) is 3.09. The average molecular weight is 462 g/mol. The van der Waals surface area contributed by atoms with Crippen molar-refractivity contribution >= 4 is 11.7 Å². The van der Waals surface area contributed by atoms with Crippen molar-refractivity contribution in [3.8, 4) is 11.3 Å². The van der Waals surface area contributed by atoms with E-state index in [1.54, 1.807) is 6.07 Å². The number of amides is 1. The first-order valence-electron chi connectivity index (χ1n) is 12.0. The molecule has 3 aromatic rings. The monoisotopic (exact) mass is 461 g/mol. The van der Waals surface area contributed by atoms with E-state index in [4.69, 9.17) is 0 Å². The quantitative estimate of drug-likeness (QED) is 0.519. The van der Waals surface area contributed by atoms with Gasteiger partial charge in [-0.2, -0.15) is 0 Å². The lowest BCUT2D eigenvalue weighted by atomic mass is 9.96. The molecule has 2 aromatic carbocycles. The molecule has 2 heterocycles. The van der Waals surface area contributed by atoms with Crippen LogP contribution >= 0.6 is 0 Å². The van der Waals surface area contributed by atoms with Gasteiger partial charge in [0.15, 0.2) is 0 Å². The van der Waals surface area contributed by atoms with Crippen LogP contribution in [-0.4, -0.2) is 53.5 Å². The van der Waals surface area contributed by atoms with Crippen LogP contribution < -0.4 is 10.2 Å². The van der Waals surface area contributed by atoms with E-state index in [0.717, 1.165) is 56.9 Å². The molecule has 4 rings (SSSR count). The van der Waals surface area contributed by atoms with Crippen LogP contribution in [0.15, 0.2) is 67.0 Å². The molecule has 178 valence electrons. The minimum atomic E-state index is -0.286. The molecule has 1 amide bonds. The lowest BCUT2D eigenvalue weighted by Crippen LogP contribution is -2.42.